The maximum atomic E-state index is 9.82. The number of halogens is 2. The molecule has 0 aliphatic heterocycles. The van der Waals surface area contributed by atoms with Crippen molar-refractivity contribution in [2.75, 3.05) is 6.54 Å². The van der Waals surface area contributed by atoms with Gasteiger partial charge in [-0.25, -0.2) is 0 Å². The third-order valence-corrected chi connectivity index (χ3v) is 3.74. The average Bonchev–Trinajstić information content (AvgIpc) is 2.36. The molecule has 0 amide bonds. The summed E-state index contributed by atoms with van der Waals surface area (Å²) >= 11 is 11.8. The SMILES string of the molecule is Oc1c(Cl)cc(Cl)cc1CNCC1CC=CCC1. The number of phenols is 1. The van der Waals surface area contributed by atoms with Gasteiger partial charge < -0.3 is 10.4 Å². The van der Waals surface area contributed by atoms with Crippen molar-refractivity contribution < 1.29 is 5.11 Å². The summed E-state index contributed by atoms with van der Waals surface area (Å²) in [4.78, 5) is 0. The molecule has 2 N–H and O–H groups in total. The van der Waals surface area contributed by atoms with Gasteiger partial charge in [0.15, 0.2) is 0 Å². The minimum absolute atomic E-state index is 0.122. The number of hydrogen-bond acceptors (Lipinski definition) is 2. The maximum absolute atomic E-state index is 9.82. The molecular formula is C14H17Cl2NO. The Morgan fingerprint density at radius 2 is 2.11 bits per heavy atom. The second-order valence-electron chi connectivity index (χ2n) is 4.68. The van der Waals surface area contributed by atoms with Gasteiger partial charge in [0.25, 0.3) is 0 Å². The molecule has 0 saturated carbocycles. The number of allylic oxidation sites excluding steroid dienone is 2. The van der Waals surface area contributed by atoms with Crippen LogP contribution in [0.1, 0.15) is 24.8 Å². The van der Waals surface area contributed by atoms with Crippen LogP contribution in [0, 0.1) is 5.92 Å². The van der Waals surface area contributed by atoms with Gasteiger partial charge in [-0.05, 0) is 43.9 Å². The van der Waals surface area contributed by atoms with Gasteiger partial charge in [0.05, 0.1) is 5.02 Å². The van der Waals surface area contributed by atoms with E-state index in [2.05, 4.69) is 17.5 Å². The van der Waals surface area contributed by atoms with Crippen molar-refractivity contribution in [2.24, 2.45) is 5.92 Å². The minimum atomic E-state index is 0.122. The van der Waals surface area contributed by atoms with E-state index in [1.54, 1.807) is 12.1 Å². The molecule has 0 heterocycles. The fourth-order valence-corrected chi connectivity index (χ4v) is 2.74. The van der Waals surface area contributed by atoms with Crippen LogP contribution in [0.15, 0.2) is 24.3 Å². The number of nitrogens with one attached hydrogen (secondary N) is 1. The zero-order valence-electron chi connectivity index (χ0n) is 10.1. The number of hydrogen-bond donors (Lipinski definition) is 2. The van der Waals surface area contributed by atoms with Crippen LogP contribution in [0.2, 0.25) is 10.0 Å². The Labute approximate surface area is 118 Å². The molecule has 1 unspecified atom stereocenters. The molecule has 1 atom stereocenters. The number of phenolic OH excluding ortho intramolecular Hbond substituents is 1. The van der Waals surface area contributed by atoms with Gasteiger partial charge in [-0.3, -0.25) is 0 Å². The summed E-state index contributed by atoms with van der Waals surface area (Å²) in [5.41, 5.74) is 0.749. The molecule has 0 bridgehead atoms. The Balaban J connectivity index is 1.88. The van der Waals surface area contributed by atoms with Crippen LogP contribution < -0.4 is 5.32 Å². The quantitative estimate of drug-likeness (QED) is 0.815. The highest BCUT2D eigenvalue weighted by molar-refractivity contribution is 6.35. The van der Waals surface area contributed by atoms with Crippen LogP contribution in [-0.4, -0.2) is 11.7 Å². The molecule has 0 saturated heterocycles. The van der Waals surface area contributed by atoms with Gasteiger partial charge in [0.2, 0.25) is 0 Å². The van der Waals surface area contributed by atoms with Crippen molar-refractivity contribution >= 4 is 23.2 Å². The first-order valence-electron chi connectivity index (χ1n) is 6.19. The first-order chi connectivity index (χ1) is 8.66. The maximum Gasteiger partial charge on any atom is 0.138 e. The van der Waals surface area contributed by atoms with E-state index in [9.17, 15) is 5.11 Å². The molecule has 2 nitrogen and oxygen atoms in total. The lowest BCUT2D eigenvalue weighted by molar-refractivity contribution is 0.431. The molecule has 0 radical (unpaired) electrons. The summed E-state index contributed by atoms with van der Waals surface area (Å²) in [6.45, 7) is 1.54. The molecule has 4 heteroatoms. The van der Waals surface area contributed by atoms with Crippen LogP contribution in [0.4, 0.5) is 0 Å². The third kappa shape index (κ3) is 3.64. The van der Waals surface area contributed by atoms with E-state index < -0.39 is 0 Å². The standard InChI is InChI=1S/C14H17Cl2NO/c15-12-6-11(14(18)13(16)7-12)9-17-8-10-4-2-1-3-5-10/h1-2,6-7,10,17-18H,3-5,8-9H2. The molecule has 0 aromatic heterocycles. The van der Waals surface area contributed by atoms with E-state index in [1.807, 2.05) is 0 Å². The first kappa shape index (κ1) is 13.7. The van der Waals surface area contributed by atoms with Crippen molar-refractivity contribution in [1.29, 1.82) is 0 Å². The second kappa shape index (κ2) is 6.46. The highest BCUT2D eigenvalue weighted by Gasteiger charge is 2.11. The van der Waals surface area contributed by atoms with E-state index in [1.165, 1.54) is 12.8 Å². The Morgan fingerprint density at radius 3 is 2.83 bits per heavy atom. The molecular weight excluding hydrogens is 269 g/mol. The number of benzene rings is 1. The second-order valence-corrected chi connectivity index (χ2v) is 5.52. The first-order valence-corrected chi connectivity index (χ1v) is 6.95. The largest absolute Gasteiger partial charge is 0.506 e. The predicted molar refractivity (Wildman–Crippen MR) is 76.3 cm³/mol. The van der Waals surface area contributed by atoms with Crippen LogP contribution in [0.25, 0.3) is 0 Å². The summed E-state index contributed by atoms with van der Waals surface area (Å²) < 4.78 is 0. The Morgan fingerprint density at radius 1 is 1.28 bits per heavy atom. The topological polar surface area (TPSA) is 32.3 Å². The molecule has 0 spiro atoms. The molecule has 1 aliphatic carbocycles. The Kier molecular flexibility index (Phi) is 4.93. The summed E-state index contributed by atoms with van der Waals surface area (Å²) in [7, 11) is 0. The summed E-state index contributed by atoms with van der Waals surface area (Å²) in [6, 6.07) is 3.30. The van der Waals surface area contributed by atoms with Crippen LogP contribution in [0.5, 0.6) is 5.75 Å². The van der Waals surface area contributed by atoms with E-state index >= 15 is 0 Å². The normalized spacial score (nSPS) is 19.1. The lowest BCUT2D eigenvalue weighted by atomic mass is 9.94. The van der Waals surface area contributed by atoms with Crippen molar-refractivity contribution in [2.45, 2.75) is 25.8 Å². The summed E-state index contributed by atoms with van der Waals surface area (Å²) in [6.07, 6.45) is 8.00. The van der Waals surface area contributed by atoms with E-state index in [0.29, 0.717) is 22.5 Å². The van der Waals surface area contributed by atoms with Crippen molar-refractivity contribution in [1.82, 2.24) is 5.32 Å². The van der Waals surface area contributed by atoms with Crippen LogP contribution in [-0.2, 0) is 6.54 Å². The van der Waals surface area contributed by atoms with Crippen LogP contribution >= 0.6 is 23.2 Å². The predicted octanol–water partition coefficient (Wildman–Crippen LogP) is 4.14. The van der Waals surface area contributed by atoms with E-state index in [0.717, 1.165) is 18.5 Å². The monoisotopic (exact) mass is 285 g/mol. The van der Waals surface area contributed by atoms with E-state index in [4.69, 9.17) is 23.2 Å². The molecule has 0 fully saturated rings. The van der Waals surface area contributed by atoms with Gasteiger partial charge >= 0.3 is 0 Å². The van der Waals surface area contributed by atoms with Crippen molar-refractivity contribution in [3.8, 4) is 5.75 Å². The number of aromatic hydroxyl groups is 1. The third-order valence-electron chi connectivity index (χ3n) is 3.23. The van der Waals surface area contributed by atoms with Crippen molar-refractivity contribution in [3.63, 3.8) is 0 Å². The fourth-order valence-electron chi connectivity index (χ4n) is 2.21. The Hall–Kier alpha value is -0.700. The summed E-state index contributed by atoms with van der Waals surface area (Å²) in [5.74, 6) is 0.809. The van der Waals surface area contributed by atoms with Crippen molar-refractivity contribution in [3.05, 3.63) is 39.9 Å². The minimum Gasteiger partial charge on any atom is -0.506 e. The fraction of sp³-hybridized carbons (Fsp3) is 0.429. The zero-order chi connectivity index (χ0) is 13.0. The van der Waals surface area contributed by atoms with Gasteiger partial charge in [-0.2, -0.15) is 0 Å². The number of rotatable bonds is 4. The molecule has 1 aliphatic rings. The Bertz CT molecular complexity index is 446. The average molecular weight is 286 g/mol. The molecule has 18 heavy (non-hydrogen) atoms. The van der Waals surface area contributed by atoms with Crippen LogP contribution in [0.3, 0.4) is 0 Å². The lowest BCUT2D eigenvalue weighted by Crippen LogP contribution is -2.23. The highest BCUT2D eigenvalue weighted by atomic mass is 35.5. The molecule has 2 rings (SSSR count). The molecule has 1 aromatic rings. The van der Waals surface area contributed by atoms with Gasteiger partial charge in [0.1, 0.15) is 5.75 Å². The summed E-state index contributed by atoms with van der Waals surface area (Å²) in [5, 5.41) is 14.0. The molecule has 1 aromatic carbocycles. The zero-order valence-corrected chi connectivity index (χ0v) is 11.6. The van der Waals surface area contributed by atoms with Gasteiger partial charge in [-0.1, -0.05) is 35.4 Å². The highest BCUT2D eigenvalue weighted by Crippen LogP contribution is 2.31. The van der Waals surface area contributed by atoms with Gasteiger partial charge in [0, 0.05) is 17.1 Å². The van der Waals surface area contributed by atoms with Gasteiger partial charge in [-0.15, -0.1) is 0 Å². The lowest BCUT2D eigenvalue weighted by Gasteiger charge is -2.18. The van der Waals surface area contributed by atoms with E-state index in [-0.39, 0.29) is 5.75 Å². The smallest absolute Gasteiger partial charge is 0.138 e. The molecule has 98 valence electrons.